The van der Waals surface area contributed by atoms with E-state index in [0.29, 0.717) is 6.54 Å². The Kier molecular flexibility index (Phi) is 5.88. The van der Waals surface area contributed by atoms with E-state index in [9.17, 15) is 4.79 Å². The molecular formula is C22H23N3O. The average molecular weight is 345 g/mol. The Hall–Kier alpha value is -3.27. The normalized spacial score (nSPS) is 10.2. The van der Waals surface area contributed by atoms with E-state index >= 15 is 0 Å². The molecule has 4 nitrogen and oxygen atoms in total. The van der Waals surface area contributed by atoms with Gasteiger partial charge < -0.3 is 16.0 Å². The molecule has 0 bridgehead atoms. The van der Waals surface area contributed by atoms with Crippen LogP contribution in [-0.4, -0.2) is 12.6 Å². The summed E-state index contributed by atoms with van der Waals surface area (Å²) in [4.78, 5) is 12.0. The van der Waals surface area contributed by atoms with Gasteiger partial charge in [-0.05, 0) is 60.9 Å². The van der Waals surface area contributed by atoms with Crippen molar-refractivity contribution in [2.75, 3.05) is 17.2 Å². The minimum Gasteiger partial charge on any atom is -0.356 e. The highest BCUT2D eigenvalue weighted by Gasteiger charge is 2.03. The zero-order chi connectivity index (χ0) is 18.2. The largest absolute Gasteiger partial charge is 0.356 e. The monoisotopic (exact) mass is 345 g/mol. The molecule has 3 N–H and O–H groups in total. The highest BCUT2D eigenvalue weighted by Crippen LogP contribution is 2.18. The van der Waals surface area contributed by atoms with Crippen molar-refractivity contribution in [3.63, 3.8) is 0 Å². The first kappa shape index (κ1) is 17.5. The number of anilines is 3. The molecule has 0 atom stereocenters. The van der Waals surface area contributed by atoms with Crippen LogP contribution in [0.4, 0.5) is 21.9 Å². The van der Waals surface area contributed by atoms with Crippen molar-refractivity contribution in [2.24, 2.45) is 0 Å². The van der Waals surface area contributed by atoms with Gasteiger partial charge in [0.15, 0.2) is 0 Å². The standard InChI is InChI=1S/C22H23N3O/c1-17-7-5-6-8-18(17)15-16-23-22(26)25-21-13-11-20(12-14-21)24-19-9-3-2-4-10-19/h2-14,24H,15-16H2,1H3,(H2,23,25,26). The highest BCUT2D eigenvalue weighted by molar-refractivity contribution is 5.89. The Morgan fingerprint density at radius 3 is 2.12 bits per heavy atom. The van der Waals surface area contributed by atoms with Crippen LogP contribution in [0.3, 0.4) is 0 Å². The number of rotatable bonds is 6. The molecule has 0 spiro atoms. The number of aryl methyl sites for hydroxylation is 1. The fourth-order valence-corrected chi connectivity index (χ4v) is 2.70. The van der Waals surface area contributed by atoms with Gasteiger partial charge in [0, 0.05) is 23.6 Å². The Balaban J connectivity index is 1.46. The fourth-order valence-electron chi connectivity index (χ4n) is 2.70. The van der Waals surface area contributed by atoms with Gasteiger partial charge in [-0.2, -0.15) is 0 Å². The number of amides is 2. The molecule has 0 aliphatic rings. The van der Waals surface area contributed by atoms with Crippen LogP contribution in [0.25, 0.3) is 0 Å². The molecule has 132 valence electrons. The lowest BCUT2D eigenvalue weighted by atomic mass is 10.1. The summed E-state index contributed by atoms with van der Waals surface area (Å²) in [5.74, 6) is 0. The minimum atomic E-state index is -0.192. The van der Waals surface area contributed by atoms with Crippen molar-refractivity contribution < 1.29 is 4.79 Å². The van der Waals surface area contributed by atoms with Crippen LogP contribution in [0.15, 0.2) is 78.9 Å². The first-order valence-electron chi connectivity index (χ1n) is 8.72. The van der Waals surface area contributed by atoms with E-state index in [1.165, 1.54) is 11.1 Å². The molecule has 3 aromatic rings. The lowest BCUT2D eigenvalue weighted by Crippen LogP contribution is -2.30. The molecule has 0 saturated carbocycles. The number of urea groups is 1. The van der Waals surface area contributed by atoms with Crippen molar-refractivity contribution >= 4 is 23.1 Å². The number of para-hydroxylation sites is 1. The molecule has 0 radical (unpaired) electrons. The number of nitrogens with one attached hydrogen (secondary N) is 3. The molecule has 0 aromatic heterocycles. The van der Waals surface area contributed by atoms with Gasteiger partial charge in [-0.25, -0.2) is 4.79 Å². The van der Waals surface area contributed by atoms with Gasteiger partial charge in [0.25, 0.3) is 0 Å². The van der Waals surface area contributed by atoms with Crippen LogP contribution < -0.4 is 16.0 Å². The maximum atomic E-state index is 12.0. The van der Waals surface area contributed by atoms with E-state index in [0.717, 1.165) is 23.5 Å². The molecule has 0 fully saturated rings. The van der Waals surface area contributed by atoms with E-state index in [2.05, 4.69) is 35.0 Å². The second-order valence-electron chi connectivity index (χ2n) is 6.13. The zero-order valence-corrected chi connectivity index (χ0v) is 14.8. The van der Waals surface area contributed by atoms with Crippen LogP contribution in [0.2, 0.25) is 0 Å². The predicted molar refractivity (Wildman–Crippen MR) is 108 cm³/mol. The summed E-state index contributed by atoms with van der Waals surface area (Å²) in [6.45, 7) is 2.69. The quantitative estimate of drug-likeness (QED) is 0.582. The van der Waals surface area contributed by atoms with Crippen molar-refractivity contribution in [3.8, 4) is 0 Å². The molecule has 0 aliphatic heterocycles. The molecular weight excluding hydrogens is 322 g/mol. The van der Waals surface area contributed by atoms with E-state index < -0.39 is 0 Å². The molecule has 26 heavy (non-hydrogen) atoms. The summed E-state index contributed by atoms with van der Waals surface area (Å²) in [6, 6.07) is 25.6. The summed E-state index contributed by atoms with van der Waals surface area (Å²) >= 11 is 0. The molecule has 4 heteroatoms. The fraction of sp³-hybridized carbons (Fsp3) is 0.136. The van der Waals surface area contributed by atoms with Gasteiger partial charge in [-0.15, -0.1) is 0 Å². The third-order valence-electron chi connectivity index (χ3n) is 4.15. The molecule has 0 heterocycles. The average Bonchev–Trinajstić information content (AvgIpc) is 2.66. The van der Waals surface area contributed by atoms with Crippen LogP contribution >= 0.6 is 0 Å². The summed E-state index contributed by atoms with van der Waals surface area (Å²) in [7, 11) is 0. The second kappa shape index (κ2) is 8.72. The molecule has 3 rings (SSSR count). The summed E-state index contributed by atoms with van der Waals surface area (Å²) < 4.78 is 0. The maximum Gasteiger partial charge on any atom is 0.319 e. The third kappa shape index (κ3) is 5.11. The molecule has 0 saturated heterocycles. The first-order valence-corrected chi connectivity index (χ1v) is 8.72. The van der Waals surface area contributed by atoms with Gasteiger partial charge in [-0.3, -0.25) is 0 Å². The van der Waals surface area contributed by atoms with Gasteiger partial charge in [0.05, 0.1) is 0 Å². The second-order valence-corrected chi connectivity index (χ2v) is 6.13. The molecule has 2 amide bonds. The zero-order valence-electron chi connectivity index (χ0n) is 14.8. The van der Waals surface area contributed by atoms with Crippen LogP contribution in [-0.2, 0) is 6.42 Å². The van der Waals surface area contributed by atoms with E-state index in [1.807, 2.05) is 66.7 Å². The van der Waals surface area contributed by atoms with Crippen LogP contribution in [0.5, 0.6) is 0 Å². The van der Waals surface area contributed by atoms with Crippen LogP contribution in [0, 0.1) is 6.92 Å². The third-order valence-corrected chi connectivity index (χ3v) is 4.15. The van der Waals surface area contributed by atoms with E-state index in [-0.39, 0.29) is 6.03 Å². The number of hydrogen-bond donors (Lipinski definition) is 3. The van der Waals surface area contributed by atoms with Crippen molar-refractivity contribution in [3.05, 3.63) is 90.0 Å². The predicted octanol–water partition coefficient (Wildman–Crippen LogP) is 5.10. The number of benzene rings is 3. The molecule has 3 aromatic carbocycles. The van der Waals surface area contributed by atoms with Gasteiger partial charge in [0.2, 0.25) is 0 Å². The smallest absolute Gasteiger partial charge is 0.319 e. The van der Waals surface area contributed by atoms with Gasteiger partial charge >= 0.3 is 6.03 Å². The number of carbonyl (C=O) groups excluding carboxylic acids is 1. The number of carbonyl (C=O) groups is 1. The van der Waals surface area contributed by atoms with E-state index in [4.69, 9.17) is 0 Å². The Morgan fingerprint density at radius 2 is 1.38 bits per heavy atom. The summed E-state index contributed by atoms with van der Waals surface area (Å²) in [6.07, 6.45) is 0.819. The van der Waals surface area contributed by atoms with Crippen molar-refractivity contribution in [2.45, 2.75) is 13.3 Å². The lowest BCUT2D eigenvalue weighted by Gasteiger charge is -2.10. The highest BCUT2D eigenvalue weighted by atomic mass is 16.2. The summed E-state index contributed by atoms with van der Waals surface area (Å²) in [5, 5.41) is 9.07. The Morgan fingerprint density at radius 1 is 0.769 bits per heavy atom. The van der Waals surface area contributed by atoms with Crippen molar-refractivity contribution in [1.29, 1.82) is 0 Å². The minimum absolute atomic E-state index is 0.192. The van der Waals surface area contributed by atoms with Gasteiger partial charge in [-0.1, -0.05) is 42.5 Å². The van der Waals surface area contributed by atoms with Gasteiger partial charge in [0.1, 0.15) is 0 Å². The number of hydrogen-bond acceptors (Lipinski definition) is 2. The Labute approximate surface area is 154 Å². The maximum absolute atomic E-state index is 12.0. The lowest BCUT2D eigenvalue weighted by molar-refractivity contribution is 0.252. The Bertz CT molecular complexity index is 845. The van der Waals surface area contributed by atoms with E-state index in [1.54, 1.807) is 0 Å². The molecule has 0 unspecified atom stereocenters. The van der Waals surface area contributed by atoms with Crippen molar-refractivity contribution in [1.82, 2.24) is 5.32 Å². The first-order chi connectivity index (χ1) is 12.7. The summed E-state index contributed by atoms with van der Waals surface area (Å²) in [5.41, 5.74) is 5.27. The van der Waals surface area contributed by atoms with Crippen LogP contribution in [0.1, 0.15) is 11.1 Å². The molecule has 0 aliphatic carbocycles. The SMILES string of the molecule is Cc1ccccc1CCNC(=O)Nc1ccc(Nc2ccccc2)cc1. The topological polar surface area (TPSA) is 53.2 Å².